The van der Waals surface area contributed by atoms with E-state index in [1.165, 1.54) is 12.3 Å². The first kappa shape index (κ1) is 14.6. The van der Waals surface area contributed by atoms with E-state index in [9.17, 15) is 14.7 Å². The molecule has 0 unspecified atom stereocenters. The lowest BCUT2D eigenvalue weighted by Crippen LogP contribution is -2.27. The first-order valence-electron chi connectivity index (χ1n) is 6.93. The fraction of sp³-hybridized carbons (Fsp3) is 0. The van der Waals surface area contributed by atoms with E-state index < -0.39 is 11.9 Å². The molecule has 3 rings (SSSR count). The van der Waals surface area contributed by atoms with Gasteiger partial charge in [-0.15, -0.1) is 0 Å². The maximum atomic E-state index is 12.5. The van der Waals surface area contributed by atoms with Gasteiger partial charge in [0.25, 0.3) is 5.91 Å². The highest BCUT2D eigenvalue weighted by Gasteiger charge is 2.15. The number of carboxylic acids is 1. The normalized spacial score (nSPS) is 11.4. The molecule has 0 fully saturated rings. The van der Waals surface area contributed by atoms with E-state index in [0.29, 0.717) is 11.3 Å². The van der Waals surface area contributed by atoms with Crippen molar-refractivity contribution >= 4 is 28.7 Å². The zero-order valence-electron chi connectivity index (χ0n) is 12.0. The lowest BCUT2D eigenvalue weighted by Gasteiger charge is -2.08. The molecule has 1 aromatic heterocycles. The second-order valence-corrected chi connectivity index (χ2v) is 4.86. The largest absolute Gasteiger partial charge is 0.477 e. The van der Waals surface area contributed by atoms with Gasteiger partial charge in [0, 0.05) is 11.6 Å². The van der Waals surface area contributed by atoms with Crippen LogP contribution < -0.4 is 5.32 Å². The van der Waals surface area contributed by atoms with Gasteiger partial charge in [-0.2, -0.15) is 0 Å². The zero-order valence-corrected chi connectivity index (χ0v) is 12.0. The van der Waals surface area contributed by atoms with Gasteiger partial charge >= 0.3 is 5.97 Å². The van der Waals surface area contributed by atoms with Crippen LogP contribution in [0, 0.1) is 0 Å². The lowest BCUT2D eigenvalue weighted by atomic mass is 10.0. The van der Waals surface area contributed by atoms with Gasteiger partial charge in [-0.3, -0.25) is 4.79 Å². The fourth-order valence-electron chi connectivity index (χ4n) is 2.28. The van der Waals surface area contributed by atoms with Gasteiger partial charge in [0.05, 0.1) is 6.26 Å². The van der Waals surface area contributed by atoms with Crippen LogP contribution in [0.1, 0.15) is 16.1 Å². The number of amides is 1. The number of benzene rings is 2. The number of carbonyl (C=O) groups is 2. The summed E-state index contributed by atoms with van der Waals surface area (Å²) >= 11 is 0. The second kappa shape index (κ2) is 6.19. The number of hydrogen-bond donors (Lipinski definition) is 2. The molecular formula is C18H13NO4. The molecule has 1 amide bonds. The minimum absolute atomic E-state index is 0.252. The SMILES string of the molecule is O=C(O)/C(=C/c1ccco1)NC(=O)c1cccc2ccccc12. The minimum atomic E-state index is -1.24. The number of hydrogen-bond acceptors (Lipinski definition) is 3. The van der Waals surface area contributed by atoms with E-state index in [1.807, 2.05) is 30.3 Å². The highest BCUT2D eigenvalue weighted by atomic mass is 16.4. The molecule has 2 N–H and O–H groups in total. The molecule has 0 saturated carbocycles. The molecule has 0 atom stereocenters. The van der Waals surface area contributed by atoms with Gasteiger partial charge in [-0.05, 0) is 29.0 Å². The summed E-state index contributed by atoms with van der Waals surface area (Å²) in [7, 11) is 0. The molecule has 114 valence electrons. The summed E-state index contributed by atoms with van der Waals surface area (Å²) in [6, 6.07) is 16.0. The van der Waals surface area contributed by atoms with E-state index in [4.69, 9.17) is 4.42 Å². The Hall–Kier alpha value is -3.34. The van der Waals surface area contributed by atoms with Crippen LogP contribution in [-0.2, 0) is 4.79 Å². The fourth-order valence-corrected chi connectivity index (χ4v) is 2.28. The molecule has 1 heterocycles. The maximum absolute atomic E-state index is 12.5. The Kier molecular flexibility index (Phi) is 3.93. The third-order valence-corrected chi connectivity index (χ3v) is 3.34. The van der Waals surface area contributed by atoms with E-state index in [-0.39, 0.29) is 5.70 Å². The van der Waals surface area contributed by atoms with Crippen molar-refractivity contribution < 1.29 is 19.1 Å². The Balaban J connectivity index is 1.94. The number of rotatable bonds is 4. The highest BCUT2D eigenvalue weighted by molar-refractivity contribution is 6.10. The number of nitrogens with one attached hydrogen (secondary N) is 1. The van der Waals surface area contributed by atoms with E-state index in [1.54, 1.807) is 24.3 Å². The molecule has 0 bridgehead atoms. The summed E-state index contributed by atoms with van der Waals surface area (Å²) < 4.78 is 5.08. The van der Waals surface area contributed by atoms with Crippen LogP contribution in [0.2, 0.25) is 0 Å². The van der Waals surface area contributed by atoms with Crippen molar-refractivity contribution in [1.82, 2.24) is 5.32 Å². The standard InChI is InChI=1S/C18H13NO4/c20-17(15-9-3-6-12-5-1-2-8-14(12)15)19-16(18(21)22)11-13-7-4-10-23-13/h1-11H,(H,19,20)(H,21,22)/b16-11-. The monoisotopic (exact) mass is 307 g/mol. The predicted molar refractivity (Wildman–Crippen MR) is 85.7 cm³/mol. The first-order valence-corrected chi connectivity index (χ1v) is 6.93. The Bertz CT molecular complexity index is 889. The molecule has 0 radical (unpaired) electrons. The minimum Gasteiger partial charge on any atom is -0.477 e. The van der Waals surface area contributed by atoms with Crippen molar-refractivity contribution in [1.29, 1.82) is 0 Å². The number of carbonyl (C=O) groups excluding carboxylic acids is 1. The number of fused-ring (bicyclic) bond motifs is 1. The van der Waals surface area contributed by atoms with Crippen LogP contribution in [0.5, 0.6) is 0 Å². The molecule has 0 aliphatic carbocycles. The summed E-state index contributed by atoms with van der Waals surface area (Å²) in [6.07, 6.45) is 2.70. The Morgan fingerprint density at radius 1 is 1.00 bits per heavy atom. The van der Waals surface area contributed by atoms with Crippen molar-refractivity contribution in [2.75, 3.05) is 0 Å². The van der Waals surface area contributed by atoms with Crippen LogP contribution in [0.15, 0.2) is 71.0 Å². The van der Waals surface area contributed by atoms with Crippen LogP contribution in [0.3, 0.4) is 0 Å². The van der Waals surface area contributed by atoms with E-state index >= 15 is 0 Å². The van der Waals surface area contributed by atoms with Gasteiger partial charge in [0.1, 0.15) is 11.5 Å². The summed E-state index contributed by atoms with van der Waals surface area (Å²) in [5, 5.41) is 13.4. The average molecular weight is 307 g/mol. The second-order valence-electron chi connectivity index (χ2n) is 4.86. The molecule has 5 heteroatoms. The van der Waals surface area contributed by atoms with E-state index in [0.717, 1.165) is 10.8 Å². The van der Waals surface area contributed by atoms with Crippen LogP contribution in [0.25, 0.3) is 16.8 Å². The average Bonchev–Trinajstić information content (AvgIpc) is 3.06. The van der Waals surface area contributed by atoms with Crippen molar-refractivity contribution in [3.63, 3.8) is 0 Å². The summed E-state index contributed by atoms with van der Waals surface area (Å²) in [5.41, 5.74) is 0.160. The molecule has 3 aromatic rings. The third kappa shape index (κ3) is 3.13. The van der Waals surface area contributed by atoms with Crippen molar-refractivity contribution in [3.05, 3.63) is 77.9 Å². The first-order chi connectivity index (χ1) is 11.1. The lowest BCUT2D eigenvalue weighted by molar-refractivity contribution is -0.132. The highest BCUT2D eigenvalue weighted by Crippen LogP contribution is 2.19. The quantitative estimate of drug-likeness (QED) is 0.725. The van der Waals surface area contributed by atoms with Gasteiger partial charge in [-0.1, -0.05) is 36.4 Å². The summed E-state index contributed by atoms with van der Waals surface area (Å²) in [5.74, 6) is -1.38. The van der Waals surface area contributed by atoms with Gasteiger partial charge < -0.3 is 14.8 Å². The van der Waals surface area contributed by atoms with Gasteiger partial charge in [0.15, 0.2) is 0 Å². The molecular weight excluding hydrogens is 294 g/mol. The molecule has 2 aromatic carbocycles. The molecule has 0 saturated heterocycles. The Morgan fingerprint density at radius 2 is 1.78 bits per heavy atom. The number of carboxylic acid groups (broad SMARTS) is 1. The predicted octanol–water partition coefficient (Wildman–Crippen LogP) is 3.29. The maximum Gasteiger partial charge on any atom is 0.352 e. The topological polar surface area (TPSA) is 79.5 Å². The zero-order chi connectivity index (χ0) is 16.2. The number of furan rings is 1. The Morgan fingerprint density at radius 3 is 2.52 bits per heavy atom. The Labute approximate surface area is 131 Å². The van der Waals surface area contributed by atoms with Gasteiger partial charge in [0.2, 0.25) is 0 Å². The summed E-state index contributed by atoms with van der Waals surface area (Å²) in [6.45, 7) is 0. The van der Waals surface area contributed by atoms with Crippen molar-refractivity contribution in [2.24, 2.45) is 0 Å². The van der Waals surface area contributed by atoms with Crippen molar-refractivity contribution in [2.45, 2.75) is 0 Å². The van der Waals surface area contributed by atoms with Crippen LogP contribution in [0.4, 0.5) is 0 Å². The van der Waals surface area contributed by atoms with Crippen molar-refractivity contribution in [3.8, 4) is 0 Å². The smallest absolute Gasteiger partial charge is 0.352 e. The number of aliphatic carboxylic acids is 1. The molecule has 0 spiro atoms. The summed E-state index contributed by atoms with van der Waals surface area (Å²) in [4.78, 5) is 23.8. The van der Waals surface area contributed by atoms with E-state index in [2.05, 4.69) is 5.32 Å². The molecule has 0 aliphatic rings. The third-order valence-electron chi connectivity index (χ3n) is 3.34. The molecule has 23 heavy (non-hydrogen) atoms. The van der Waals surface area contributed by atoms with Crippen LogP contribution in [-0.4, -0.2) is 17.0 Å². The van der Waals surface area contributed by atoms with Gasteiger partial charge in [-0.25, -0.2) is 4.79 Å². The van der Waals surface area contributed by atoms with Crippen LogP contribution >= 0.6 is 0 Å². The molecule has 5 nitrogen and oxygen atoms in total. The molecule has 0 aliphatic heterocycles.